The largest absolute Gasteiger partial charge is 0.397 e. The number of nitrogens with two attached hydrogens (primary N) is 2. The zero-order valence-corrected chi connectivity index (χ0v) is 9.26. The fourth-order valence-corrected chi connectivity index (χ4v) is 1.55. The molecular formula is C11H14N5O+. The molecule has 0 saturated heterocycles. The minimum Gasteiger partial charge on any atom is -0.287 e. The fourth-order valence-electron chi connectivity index (χ4n) is 1.55. The van der Waals surface area contributed by atoms with Crippen molar-refractivity contribution in [1.29, 1.82) is 0 Å². The Hall–Kier alpha value is -2.37. The average molecular weight is 232 g/mol. The standard InChI is InChI=1S/C11H13N5O/c12-11-15-14-9(10(17)16(11)13)7-6-8-4-2-1-3-5-8/h1-5H,6-7,13H2,(H2,12,15)/p+1. The predicted octanol–water partition coefficient (Wildman–Crippen LogP) is -0.861. The first kappa shape index (κ1) is 11.1. The number of nitrogens with one attached hydrogen (secondary N) is 1. The Morgan fingerprint density at radius 1 is 1.24 bits per heavy atom. The average Bonchev–Trinajstić information content (AvgIpc) is 2.36. The van der Waals surface area contributed by atoms with Crippen LogP contribution in [0.1, 0.15) is 11.3 Å². The molecule has 1 aromatic carbocycles. The van der Waals surface area contributed by atoms with Crippen LogP contribution in [0.4, 0.5) is 5.95 Å². The Morgan fingerprint density at radius 3 is 2.65 bits per heavy atom. The van der Waals surface area contributed by atoms with Crippen LogP contribution in [0, 0.1) is 0 Å². The number of hydrogen-bond acceptors (Lipinski definition) is 4. The first-order chi connectivity index (χ1) is 8.18. The number of anilines is 1. The molecule has 0 amide bonds. The third kappa shape index (κ3) is 2.41. The van der Waals surface area contributed by atoms with Crippen molar-refractivity contribution >= 4 is 5.95 Å². The van der Waals surface area contributed by atoms with E-state index in [1.165, 1.54) is 0 Å². The van der Waals surface area contributed by atoms with Crippen molar-refractivity contribution in [2.45, 2.75) is 12.8 Å². The third-order valence-electron chi connectivity index (χ3n) is 2.52. The molecule has 0 aliphatic carbocycles. The summed E-state index contributed by atoms with van der Waals surface area (Å²) in [6, 6.07) is 9.87. The lowest BCUT2D eigenvalue weighted by Gasteiger charge is -2.00. The minimum atomic E-state index is -0.364. The summed E-state index contributed by atoms with van der Waals surface area (Å²) in [5.74, 6) is 5.50. The van der Waals surface area contributed by atoms with Crippen molar-refractivity contribution in [2.75, 3.05) is 11.6 Å². The molecule has 1 heterocycles. The Kier molecular flexibility index (Phi) is 3.04. The van der Waals surface area contributed by atoms with Gasteiger partial charge < -0.3 is 0 Å². The fraction of sp³-hybridized carbons (Fsp3) is 0.182. The normalized spacial score (nSPS) is 10.4. The van der Waals surface area contributed by atoms with Gasteiger partial charge in [0, 0.05) is 6.42 Å². The van der Waals surface area contributed by atoms with Crippen LogP contribution in [0.3, 0.4) is 0 Å². The van der Waals surface area contributed by atoms with Gasteiger partial charge in [-0.25, -0.2) is 4.79 Å². The lowest BCUT2D eigenvalue weighted by molar-refractivity contribution is -0.446. The molecule has 6 nitrogen and oxygen atoms in total. The Labute approximate surface area is 97.9 Å². The Balaban J connectivity index is 2.16. The van der Waals surface area contributed by atoms with E-state index >= 15 is 0 Å². The van der Waals surface area contributed by atoms with E-state index in [2.05, 4.69) is 10.2 Å². The second kappa shape index (κ2) is 4.65. The lowest BCUT2D eigenvalue weighted by atomic mass is 10.1. The first-order valence-electron chi connectivity index (χ1n) is 5.26. The van der Waals surface area contributed by atoms with Crippen molar-refractivity contribution in [3.8, 4) is 0 Å². The van der Waals surface area contributed by atoms with Crippen LogP contribution in [0.15, 0.2) is 35.1 Å². The van der Waals surface area contributed by atoms with E-state index in [-0.39, 0.29) is 11.5 Å². The van der Waals surface area contributed by atoms with Gasteiger partial charge in [-0.2, -0.15) is 5.10 Å². The third-order valence-corrected chi connectivity index (χ3v) is 2.52. The molecule has 0 unspecified atom stereocenters. The van der Waals surface area contributed by atoms with E-state index in [0.717, 1.165) is 16.7 Å². The van der Waals surface area contributed by atoms with Crippen LogP contribution in [0.2, 0.25) is 0 Å². The quantitative estimate of drug-likeness (QED) is 0.672. The van der Waals surface area contributed by atoms with Gasteiger partial charge in [0.05, 0.1) is 0 Å². The van der Waals surface area contributed by atoms with Gasteiger partial charge in [0.1, 0.15) is 0 Å². The summed E-state index contributed by atoms with van der Waals surface area (Å²) in [7, 11) is 0. The van der Waals surface area contributed by atoms with Gasteiger partial charge in [-0.15, -0.1) is 5.10 Å². The van der Waals surface area contributed by atoms with Crippen LogP contribution < -0.4 is 22.2 Å². The van der Waals surface area contributed by atoms with Crippen LogP contribution in [-0.2, 0) is 12.8 Å². The first-order valence-corrected chi connectivity index (χ1v) is 5.26. The molecule has 0 bridgehead atoms. The summed E-state index contributed by atoms with van der Waals surface area (Å²) in [5, 5.41) is 6.40. The highest BCUT2D eigenvalue weighted by atomic mass is 16.1. The zero-order chi connectivity index (χ0) is 12.3. The number of aryl methyl sites for hydroxylation is 2. The highest BCUT2D eigenvalue weighted by Gasteiger charge is 2.12. The number of aromatic amines is 1. The maximum atomic E-state index is 11.7. The molecule has 0 spiro atoms. The van der Waals surface area contributed by atoms with Gasteiger partial charge in [-0.3, -0.25) is 11.6 Å². The van der Waals surface area contributed by atoms with Crippen molar-refractivity contribution in [3.05, 3.63) is 51.9 Å². The molecular weight excluding hydrogens is 218 g/mol. The van der Waals surface area contributed by atoms with Gasteiger partial charge in [0.15, 0.2) is 5.69 Å². The van der Waals surface area contributed by atoms with Gasteiger partial charge >= 0.3 is 11.5 Å². The van der Waals surface area contributed by atoms with E-state index in [4.69, 9.17) is 11.6 Å². The summed E-state index contributed by atoms with van der Waals surface area (Å²) in [6.45, 7) is 0. The second-order valence-electron chi connectivity index (χ2n) is 3.72. The summed E-state index contributed by atoms with van der Waals surface area (Å²) in [5.41, 5.74) is 6.58. The zero-order valence-electron chi connectivity index (χ0n) is 9.26. The van der Waals surface area contributed by atoms with Crippen LogP contribution in [0.5, 0.6) is 0 Å². The predicted molar refractivity (Wildman–Crippen MR) is 63.5 cm³/mol. The summed E-state index contributed by atoms with van der Waals surface area (Å²) in [6.07, 6.45) is 1.26. The summed E-state index contributed by atoms with van der Waals surface area (Å²) in [4.78, 5) is 11.7. The summed E-state index contributed by atoms with van der Waals surface area (Å²) < 4.78 is 0.868. The minimum absolute atomic E-state index is 0.0402. The van der Waals surface area contributed by atoms with Crippen LogP contribution >= 0.6 is 0 Å². The molecule has 5 N–H and O–H groups in total. The molecule has 0 saturated carbocycles. The van der Waals surface area contributed by atoms with Crippen molar-refractivity contribution in [3.63, 3.8) is 0 Å². The molecule has 1 aromatic heterocycles. The van der Waals surface area contributed by atoms with Crippen molar-refractivity contribution in [2.24, 2.45) is 0 Å². The Morgan fingerprint density at radius 2 is 1.94 bits per heavy atom. The maximum Gasteiger partial charge on any atom is 0.397 e. The van der Waals surface area contributed by atoms with E-state index in [9.17, 15) is 4.79 Å². The molecule has 0 fully saturated rings. The number of benzene rings is 1. The van der Waals surface area contributed by atoms with E-state index in [1.807, 2.05) is 30.3 Å². The van der Waals surface area contributed by atoms with Gasteiger partial charge in [0.2, 0.25) is 0 Å². The molecule has 0 aliphatic heterocycles. The monoisotopic (exact) mass is 232 g/mol. The lowest BCUT2D eigenvalue weighted by Crippen LogP contribution is -2.40. The number of H-pyrrole nitrogens is 1. The maximum absolute atomic E-state index is 11.7. The Bertz CT molecular complexity index is 564. The number of hydrogen-bond donors (Lipinski definition) is 2. The van der Waals surface area contributed by atoms with E-state index in [0.29, 0.717) is 12.1 Å². The highest BCUT2D eigenvalue weighted by molar-refractivity contribution is 5.16. The molecule has 2 aromatic rings. The summed E-state index contributed by atoms with van der Waals surface area (Å²) >= 11 is 0. The topological polar surface area (TPSA) is 101 Å². The molecule has 17 heavy (non-hydrogen) atoms. The SMILES string of the molecule is Nc1[nH+]nc(CCc2ccccc2)c(=O)n1N. The molecule has 0 radical (unpaired) electrons. The smallest absolute Gasteiger partial charge is 0.287 e. The van der Waals surface area contributed by atoms with E-state index in [1.54, 1.807) is 0 Å². The van der Waals surface area contributed by atoms with Crippen LogP contribution in [0.25, 0.3) is 0 Å². The van der Waals surface area contributed by atoms with Gasteiger partial charge in [-0.05, 0) is 12.0 Å². The van der Waals surface area contributed by atoms with Gasteiger partial charge in [-0.1, -0.05) is 35.0 Å². The number of nitrogen functional groups attached to an aromatic ring is 2. The number of aromatic nitrogens is 3. The molecule has 6 heteroatoms. The second-order valence-corrected chi connectivity index (χ2v) is 3.72. The molecule has 88 valence electrons. The van der Waals surface area contributed by atoms with Crippen LogP contribution in [-0.4, -0.2) is 9.77 Å². The molecule has 2 rings (SSSR count). The number of nitrogens with zero attached hydrogens (tertiary/aromatic N) is 2. The van der Waals surface area contributed by atoms with Crippen molar-refractivity contribution in [1.82, 2.24) is 9.77 Å². The van der Waals surface area contributed by atoms with Crippen molar-refractivity contribution < 1.29 is 5.10 Å². The number of rotatable bonds is 3. The molecule has 0 atom stereocenters. The molecule has 0 aliphatic rings. The van der Waals surface area contributed by atoms with E-state index < -0.39 is 0 Å². The highest BCUT2D eigenvalue weighted by Crippen LogP contribution is 2.02. The van der Waals surface area contributed by atoms with Gasteiger partial charge in [0.25, 0.3) is 0 Å².